The van der Waals surface area contributed by atoms with Crippen LogP contribution in [-0.4, -0.2) is 22.1 Å². The summed E-state index contributed by atoms with van der Waals surface area (Å²) in [4.78, 5) is 16.8. The van der Waals surface area contributed by atoms with Crippen LogP contribution in [0.15, 0.2) is 94.9 Å². The molecular weight excluding hydrogens is 380 g/mol. The first-order chi connectivity index (χ1) is 14.1. The van der Waals surface area contributed by atoms with Crippen molar-refractivity contribution >= 4 is 28.6 Å². The van der Waals surface area contributed by atoms with E-state index in [1.165, 1.54) is 0 Å². The Labute approximate surface area is 173 Å². The molecule has 0 aliphatic heterocycles. The summed E-state index contributed by atoms with van der Waals surface area (Å²) in [5.41, 5.74) is 9.68. The predicted molar refractivity (Wildman–Crippen MR) is 117 cm³/mol. The Kier molecular flexibility index (Phi) is 5.60. The molecule has 29 heavy (non-hydrogen) atoms. The van der Waals surface area contributed by atoms with Gasteiger partial charge in [0, 0.05) is 10.3 Å². The lowest BCUT2D eigenvalue weighted by Gasteiger charge is -2.10. The molecule has 4 rings (SSSR count). The second kappa shape index (κ2) is 8.47. The average molecular weight is 401 g/mol. The number of fused-ring (bicyclic) bond motifs is 1. The molecule has 1 heterocycles. The number of nitrogens with two attached hydrogens (primary N) is 1. The van der Waals surface area contributed by atoms with Crippen LogP contribution in [0, 0.1) is 0 Å². The van der Waals surface area contributed by atoms with Crippen molar-refractivity contribution in [3.63, 3.8) is 0 Å². The molecule has 5 heteroatoms. The Balaban J connectivity index is 1.57. The minimum atomic E-state index is -0.989. The number of carboxylic acids is 1. The maximum absolute atomic E-state index is 11.0. The van der Waals surface area contributed by atoms with Crippen molar-refractivity contribution < 1.29 is 9.90 Å². The zero-order valence-corrected chi connectivity index (χ0v) is 16.5. The normalized spacial score (nSPS) is 12.0. The van der Waals surface area contributed by atoms with E-state index in [1.807, 2.05) is 60.7 Å². The van der Waals surface area contributed by atoms with Crippen LogP contribution in [0.1, 0.15) is 5.56 Å². The highest BCUT2D eigenvalue weighted by Crippen LogP contribution is 2.31. The summed E-state index contributed by atoms with van der Waals surface area (Å²) in [5.74, 6) is -0.989. The highest BCUT2D eigenvalue weighted by molar-refractivity contribution is 7.99. The molecule has 4 nitrogen and oxygen atoms in total. The number of aliphatic carboxylic acids is 1. The lowest BCUT2D eigenvalue weighted by molar-refractivity contribution is -0.138. The molecule has 0 fully saturated rings. The van der Waals surface area contributed by atoms with Gasteiger partial charge in [-0.15, -0.1) is 0 Å². The minimum Gasteiger partial charge on any atom is -0.480 e. The van der Waals surface area contributed by atoms with Crippen molar-refractivity contribution in [1.29, 1.82) is 0 Å². The number of carboxylic acid groups (broad SMARTS) is 1. The van der Waals surface area contributed by atoms with Gasteiger partial charge in [0.15, 0.2) is 0 Å². The molecule has 0 aliphatic rings. The van der Waals surface area contributed by atoms with Crippen molar-refractivity contribution in [3.8, 4) is 11.1 Å². The van der Waals surface area contributed by atoms with E-state index in [0.29, 0.717) is 6.42 Å². The summed E-state index contributed by atoms with van der Waals surface area (Å²) < 4.78 is 0. The molecule has 4 aromatic rings. The summed E-state index contributed by atoms with van der Waals surface area (Å²) in [6.07, 6.45) is 0.304. The average Bonchev–Trinajstić information content (AvgIpc) is 2.74. The second-order valence-electron chi connectivity index (χ2n) is 6.82. The fourth-order valence-electron chi connectivity index (χ4n) is 3.18. The van der Waals surface area contributed by atoms with E-state index in [2.05, 4.69) is 24.3 Å². The first kappa shape index (κ1) is 19.2. The number of aromatic nitrogens is 1. The quantitative estimate of drug-likeness (QED) is 0.476. The van der Waals surface area contributed by atoms with Crippen LogP contribution in [-0.2, 0) is 11.2 Å². The Morgan fingerprint density at radius 2 is 1.69 bits per heavy atom. The molecule has 0 spiro atoms. The topological polar surface area (TPSA) is 76.2 Å². The molecule has 0 saturated heterocycles. The molecule has 1 aromatic heterocycles. The van der Waals surface area contributed by atoms with E-state index in [9.17, 15) is 4.79 Å². The van der Waals surface area contributed by atoms with Gasteiger partial charge in [-0.2, -0.15) is 0 Å². The molecule has 0 bridgehead atoms. The van der Waals surface area contributed by atoms with Crippen LogP contribution in [0.25, 0.3) is 22.0 Å². The van der Waals surface area contributed by atoms with E-state index in [0.717, 1.165) is 37.5 Å². The van der Waals surface area contributed by atoms with E-state index < -0.39 is 12.0 Å². The SMILES string of the molecule is NC(Cc1cccc(-c2cccc(Sc3ccc4ccccc4n3)c2)c1)C(=O)O. The predicted octanol–water partition coefficient (Wildman–Crippen LogP) is 5.01. The number of benzene rings is 3. The number of pyridine rings is 1. The molecule has 0 amide bonds. The van der Waals surface area contributed by atoms with E-state index in [1.54, 1.807) is 11.8 Å². The fraction of sp³-hybridized carbons (Fsp3) is 0.0833. The third kappa shape index (κ3) is 4.65. The van der Waals surface area contributed by atoms with Crippen molar-refractivity contribution in [2.24, 2.45) is 5.73 Å². The lowest BCUT2D eigenvalue weighted by Crippen LogP contribution is -2.32. The summed E-state index contributed by atoms with van der Waals surface area (Å²) in [7, 11) is 0. The van der Waals surface area contributed by atoms with Crippen molar-refractivity contribution in [3.05, 3.63) is 90.5 Å². The number of rotatable bonds is 6. The number of para-hydroxylation sites is 1. The lowest BCUT2D eigenvalue weighted by atomic mass is 10.00. The van der Waals surface area contributed by atoms with Gasteiger partial charge >= 0.3 is 5.97 Å². The van der Waals surface area contributed by atoms with Crippen LogP contribution in [0.3, 0.4) is 0 Å². The smallest absolute Gasteiger partial charge is 0.320 e. The van der Waals surface area contributed by atoms with E-state index in [-0.39, 0.29) is 0 Å². The summed E-state index contributed by atoms with van der Waals surface area (Å²) >= 11 is 1.62. The van der Waals surface area contributed by atoms with Crippen LogP contribution in [0.5, 0.6) is 0 Å². The zero-order chi connectivity index (χ0) is 20.2. The van der Waals surface area contributed by atoms with Gasteiger partial charge in [0.2, 0.25) is 0 Å². The number of nitrogens with zero attached hydrogens (tertiary/aromatic N) is 1. The summed E-state index contributed by atoms with van der Waals surface area (Å²) in [6, 6.07) is 27.4. The minimum absolute atomic E-state index is 0.304. The van der Waals surface area contributed by atoms with Crippen LogP contribution < -0.4 is 5.73 Å². The third-order valence-corrected chi connectivity index (χ3v) is 5.59. The van der Waals surface area contributed by atoms with Crippen LogP contribution in [0.4, 0.5) is 0 Å². The Morgan fingerprint density at radius 3 is 2.52 bits per heavy atom. The maximum Gasteiger partial charge on any atom is 0.320 e. The highest BCUT2D eigenvalue weighted by Gasteiger charge is 2.12. The van der Waals surface area contributed by atoms with Gasteiger partial charge in [-0.1, -0.05) is 72.4 Å². The first-order valence-corrected chi connectivity index (χ1v) is 10.1. The molecule has 1 atom stereocenters. The Morgan fingerprint density at radius 1 is 0.931 bits per heavy atom. The van der Waals surface area contributed by atoms with Gasteiger partial charge < -0.3 is 10.8 Å². The molecule has 0 saturated carbocycles. The van der Waals surface area contributed by atoms with Gasteiger partial charge in [-0.05, 0) is 47.4 Å². The largest absolute Gasteiger partial charge is 0.480 e. The molecule has 0 aliphatic carbocycles. The number of hydrogen-bond acceptors (Lipinski definition) is 4. The van der Waals surface area contributed by atoms with Crippen molar-refractivity contribution in [2.75, 3.05) is 0 Å². The zero-order valence-electron chi connectivity index (χ0n) is 15.7. The first-order valence-electron chi connectivity index (χ1n) is 9.30. The van der Waals surface area contributed by atoms with E-state index in [4.69, 9.17) is 15.8 Å². The Hall–Kier alpha value is -3.15. The molecule has 0 radical (unpaired) electrons. The van der Waals surface area contributed by atoms with Gasteiger partial charge in [0.1, 0.15) is 11.1 Å². The van der Waals surface area contributed by atoms with Crippen molar-refractivity contribution in [1.82, 2.24) is 4.98 Å². The van der Waals surface area contributed by atoms with Gasteiger partial charge in [0.05, 0.1) is 5.52 Å². The van der Waals surface area contributed by atoms with Gasteiger partial charge in [0.25, 0.3) is 0 Å². The van der Waals surface area contributed by atoms with Crippen LogP contribution >= 0.6 is 11.8 Å². The number of carbonyl (C=O) groups is 1. The van der Waals surface area contributed by atoms with E-state index >= 15 is 0 Å². The monoisotopic (exact) mass is 400 g/mol. The highest BCUT2D eigenvalue weighted by atomic mass is 32.2. The number of hydrogen-bond donors (Lipinski definition) is 2. The van der Waals surface area contributed by atoms with Gasteiger partial charge in [-0.25, -0.2) is 4.98 Å². The maximum atomic E-state index is 11.0. The molecular formula is C24H20N2O2S. The summed E-state index contributed by atoms with van der Waals surface area (Å²) in [6.45, 7) is 0. The summed E-state index contributed by atoms with van der Waals surface area (Å²) in [5, 5.41) is 11.1. The molecule has 144 valence electrons. The second-order valence-corrected chi connectivity index (χ2v) is 7.92. The molecule has 3 N–H and O–H groups in total. The molecule has 1 unspecified atom stereocenters. The third-order valence-electron chi connectivity index (χ3n) is 4.66. The van der Waals surface area contributed by atoms with Crippen molar-refractivity contribution in [2.45, 2.75) is 22.4 Å². The van der Waals surface area contributed by atoms with Crippen LogP contribution in [0.2, 0.25) is 0 Å². The van der Waals surface area contributed by atoms with Gasteiger partial charge in [-0.3, -0.25) is 4.79 Å². The standard InChI is InChI=1S/C24H20N2O2S/c25-21(24(27)28)14-16-5-3-7-18(13-16)19-8-4-9-20(15-19)29-23-12-11-17-6-1-2-10-22(17)26-23/h1-13,15,21H,14,25H2,(H,27,28). The fourth-order valence-corrected chi connectivity index (χ4v) is 4.04. The molecule has 3 aromatic carbocycles. The Bertz CT molecular complexity index is 1180.